The number of H-pyrrole nitrogens is 1. The smallest absolute Gasteiger partial charge is 0.272 e. The summed E-state index contributed by atoms with van der Waals surface area (Å²) in [5.41, 5.74) is 9.06. The first-order chi connectivity index (χ1) is 10.3. The van der Waals surface area contributed by atoms with Crippen molar-refractivity contribution in [2.45, 2.75) is 20.8 Å². The summed E-state index contributed by atoms with van der Waals surface area (Å²) in [6.07, 6.45) is 0. The molecule has 1 amide bonds. The SMILES string of the molecule is COc1ccc(NC(=O)c2[nH]c(C)c(C(C)=O)c2C)cc1N.Cl. The Morgan fingerprint density at radius 3 is 2.39 bits per heavy atom. The molecule has 0 aliphatic heterocycles. The first-order valence-electron chi connectivity index (χ1n) is 6.80. The summed E-state index contributed by atoms with van der Waals surface area (Å²) in [4.78, 5) is 26.9. The first kappa shape index (κ1) is 18.6. The number of hydrogen-bond acceptors (Lipinski definition) is 4. The Bertz CT molecular complexity index is 753. The lowest BCUT2D eigenvalue weighted by atomic mass is 10.1. The number of aromatic amines is 1. The minimum Gasteiger partial charge on any atom is -0.495 e. The largest absolute Gasteiger partial charge is 0.495 e. The highest BCUT2D eigenvalue weighted by Gasteiger charge is 2.19. The third kappa shape index (κ3) is 3.65. The number of anilines is 2. The van der Waals surface area contributed by atoms with Gasteiger partial charge in [-0.25, -0.2) is 0 Å². The van der Waals surface area contributed by atoms with Crippen LogP contribution in [0, 0.1) is 13.8 Å². The van der Waals surface area contributed by atoms with E-state index in [1.165, 1.54) is 14.0 Å². The van der Waals surface area contributed by atoms with Crippen molar-refractivity contribution in [3.05, 3.63) is 40.7 Å². The molecule has 0 saturated heterocycles. The number of aryl methyl sites for hydroxylation is 1. The van der Waals surface area contributed by atoms with Crippen molar-refractivity contribution >= 4 is 35.5 Å². The molecule has 0 fully saturated rings. The van der Waals surface area contributed by atoms with E-state index in [2.05, 4.69) is 10.3 Å². The topological polar surface area (TPSA) is 97.2 Å². The van der Waals surface area contributed by atoms with E-state index in [-0.39, 0.29) is 24.1 Å². The molecule has 23 heavy (non-hydrogen) atoms. The number of ether oxygens (including phenoxy) is 1. The van der Waals surface area contributed by atoms with Crippen molar-refractivity contribution in [3.63, 3.8) is 0 Å². The van der Waals surface area contributed by atoms with Gasteiger partial charge in [-0.2, -0.15) is 0 Å². The number of nitrogen functional groups attached to an aromatic ring is 1. The van der Waals surface area contributed by atoms with E-state index in [1.54, 1.807) is 32.0 Å². The highest BCUT2D eigenvalue weighted by atomic mass is 35.5. The zero-order valence-corrected chi connectivity index (χ0v) is 14.3. The second-order valence-corrected chi connectivity index (χ2v) is 5.09. The maximum absolute atomic E-state index is 12.4. The number of amides is 1. The fourth-order valence-electron chi connectivity index (χ4n) is 2.51. The molecule has 7 heteroatoms. The number of hydrogen-bond donors (Lipinski definition) is 3. The maximum atomic E-state index is 12.4. The summed E-state index contributed by atoms with van der Waals surface area (Å²) < 4.78 is 5.07. The summed E-state index contributed by atoms with van der Waals surface area (Å²) in [5.74, 6) is 0.153. The van der Waals surface area contributed by atoms with Crippen molar-refractivity contribution in [1.29, 1.82) is 0 Å². The summed E-state index contributed by atoms with van der Waals surface area (Å²) in [7, 11) is 1.53. The van der Waals surface area contributed by atoms with Crippen LogP contribution < -0.4 is 15.8 Å². The van der Waals surface area contributed by atoms with E-state index >= 15 is 0 Å². The normalized spacial score (nSPS) is 9.91. The van der Waals surface area contributed by atoms with Crippen molar-refractivity contribution in [2.24, 2.45) is 0 Å². The van der Waals surface area contributed by atoms with Crippen LogP contribution in [0.1, 0.15) is 39.0 Å². The lowest BCUT2D eigenvalue weighted by molar-refractivity contribution is 0.101. The Labute approximate surface area is 140 Å². The molecule has 1 aromatic heterocycles. The fourth-order valence-corrected chi connectivity index (χ4v) is 2.51. The maximum Gasteiger partial charge on any atom is 0.272 e. The van der Waals surface area contributed by atoms with Crippen molar-refractivity contribution in [1.82, 2.24) is 4.98 Å². The molecule has 0 radical (unpaired) electrons. The molecular formula is C16H20ClN3O3. The molecule has 0 spiro atoms. The molecule has 1 heterocycles. The van der Waals surface area contributed by atoms with Gasteiger partial charge < -0.3 is 20.8 Å². The molecular weight excluding hydrogens is 318 g/mol. The van der Waals surface area contributed by atoms with Gasteiger partial charge in [0.1, 0.15) is 11.4 Å². The van der Waals surface area contributed by atoms with Crippen LogP contribution in [-0.2, 0) is 0 Å². The van der Waals surface area contributed by atoms with E-state index in [4.69, 9.17) is 10.5 Å². The number of Topliss-reactive ketones (excluding diaryl/α,β-unsaturated/α-hetero) is 1. The van der Waals surface area contributed by atoms with E-state index < -0.39 is 0 Å². The third-order valence-electron chi connectivity index (χ3n) is 3.50. The number of nitrogens with one attached hydrogen (secondary N) is 2. The van der Waals surface area contributed by atoms with Crippen molar-refractivity contribution in [2.75, 3.05) is 18.2 Å². The summed E-state index contributed by atoms with van der Waals surface area (Å²) in [5, 5.41) is 2.75. The van der Waals surface area contributed by atoms with Crippen molar-refractivity contribution < 1.29 is 14.3 Å². The number of benzene rings is 1. The average Bonchev–Trinajstić information content (AvgIpc) is 2.74. The standard InChI is InChI=1S/C16H19N3O3.ClH/c1-8-14(10(3)20)9(2)18-15(8)16(21)19-11-5-6-13(22-4)12(17)7-11;/h5-7,18H,17H2,1-4H3,(H,19,21);1H. The van der Waals surface area contributed by atoms with Crippen LogP contribution in [0.25, 0.3) is 0 Å². The summed E-state index contributed by atoms with van der Waals surface area (Å²) >= 11 is 0. The zero-order valence-electron chi connectivity index (χ0n) is 13.4. The number of halogens is 1. The van der Waals surface area contributed by atoms with E-state index in [0.29, 0.717) is 39.6 Å². The van der Waals surface area contributed by atoms with Crippen LogP contribution >= 0.6 is 12.4 Å². The monoisotopic (exact) mass is 337 g/mol. The molecule has 2 rings (SSSR count). The zero-order chi connectivity index (χ0) is 16.4. The average molecular weight is 338 g/mol. The van der Waals surface area contributed by atoms with Crippen LogP contribution in [0.2, 0.25) is 0 Å². The quantitative estimate of drug-likeness (QED) is 0.590. The second-order valence-electron chi connectivity index (χ2n) is 5.09. The molecule has 6 nitrogen and oxygen atoms in total. The van der Waals surface area contributed by atoms with Gasteiger partial charge in [0.25, 0.3) is 5.91 Å². The Morgan fingerprint density at radius 1 is 1.26 bits per heavy atom. The molecule has 0 aliphatic carbocycles. The molecule has 124 valence electrons. The van der Waals surface area contributed by atoms with Gasteiger partial charge >= 0.3 is 0 Å². The minimum atomic E-state index is -0.322. The fraction of sp³-hybridized carbons (Fsp3) is 0.250. The molecule has 0 saturated carbocycles. The lowest BCUT2D eigenvalue weighted by Gasteiger charge is -2.08. The van der Waals surface area contributed by atoms with Gasteiger partial charge in [0.05, 0.1) is 12.8 Å². The number of aromatic nitrogens is 1. The second kappa shape index (κ2) is 7.19. The predicted molar refractivity (Wildman–Crippen MR) is 92.9 cm³/mol. The number of carbonyl (C=O) groups excluding carboxylic acids is 2. The number of nitrogens with two attached hydrogens (primary N) is 1. The van der Waals surface area contributed by atoms with Gasteiger partial charge in [-0.05, 0) is 44.5 Å². The summed E-state index contributed by atoms with van der Waals surface area (Å²) in [6.45, 7) is 5.00. The predicted octanol–water partition coefficient (Wildman–Crippen LogP) is 3.10. The van der Waals surface area contributed by atoms with Gasteiger partial charge in [-0.3, -0.25) is 9.59 Å². The molecule has 2 aromatic rings. The number of ketones is 1. The van der Waals surface area contributed by atoms with Gasteiger partial charge in [0.2, 0.25) is 0 Å². The Morgan fingerprint density at radius 2 is 1.91 bits per heavy atom. The molecule has 1 aromatic carbocycles. The van der Waals surface area contributed by atoms with Crippen LogP contribution in [-0.4, -0.2) is 23.8 Å². The lowest BCUT2D eigenvalue weighted by Crippen LogP contribution is -2.14. The van der Waals surface area contributed by atoms with E-state index in [1.807, 2.05) is 0 Å². The Kier molecular flexibility index (Phi) is 5.81. The first-order valence-corrected chi connectivity index (χ1v) is 6.80. The van der Waals surface area contributed by atoms with Gasteiger partial charge in [0.15, 0.2) is 5.78 Å². The highest BCUT2D eigenvalue weighted by molar-refractivity contribution is 6.07. The van der Waals surface area contributed by atoms with E-state index in [9.17, 15) is 9.59 Å². The van der Waals surface area contributed by atoms with Crippen LogP contribution in [0.5, 0.6) is 5.75 Å². The van der Waals surface area contributed by atoms with E-state index in [0.717, 1.165) is 0 Å². The number of carbonyl (C=O) groups is 2. The van der Waals surface area contributed by atoms with Crippen LogP contribution in [0.3, 0.4) is 0 Å². The Balaban J connectivity index is 0.00000264. The molecule has 0 unspecified atom stereocenters. The van der Waals surface area contributed by atoms with Crippen LogP contribution in [0.4, 0.5) is 11.4 Å². The van der Waals surface area contributed by atoms with Gasteiger partial charge in [-0.15, -0.1) is 12.4 Å². The van der Waals surface area contributed by atoms with Gasteiger partial charge in [0, 0.05) is 16.9 Å². The molecule has 0 aliphatic rings. The van der Waals surface area contributed by atoms with Gasteiger partial charge in [-0.1, -0.05) is 0 Å². The molecule has 0 atom stereocenters. The highest BCUT2D eigenvalue weighted by Crippen LogP contribution is 2.25. The molecule has 4 N–H and O–H groups in total. The third-order valence-corrected chi connectivity index (χ3v) is 3.50. The Hall–Kier alpha value is -2.47. The number of rotatable bonds is 4. The number of methoxy groups -OCH3 is 1. The molecule has 0 bridgehead atoms. The summed E-state index contributed by atoms with van der Waals surface area (Å²) in [6, 6.07) is 5.00. The minimum absolute atomic E-state index is 0. The van der Waals surface area contributed by atoms with Crippen molar-refractivity contribution in [3.8, 4) is 5.75 Å². The van der Waals surface area contributed by atoms with Crippen LogP contribution in [0.15, 0.2) is 18.2 Å².